The molecule has 34 heavy (non-hydrogen) atoms. The zero-order valence-electron chi connectivity index (χ0n) is 20.3. The van der Waals surface area contributed by atoms with E-state index in [-0.39, 0.29) is 18.5 Å². The van der Waals surface area contributed by atoms with Crippen LogP contribution in [0.4, 0.5) is 16.2 Å². The average Bonchev–Trinajstić information content (AvgIpc) is 3.02. The summed E-state index contributed by atoms with van der Waals surface area (Å²) in [5.41, 5.74) is 2.42. The lowest BCUT2D eigenvalue weighted by atomic mass is 9.86. The molecule has 0 unspecified atom stereocenters. The number of para-hydroxylation sites is 1. The van der Waals surface area contributed by atoms with Crippen LogP contribution in [0.15, 0.2) is 48.5 Å². The van der Waals surface area contributed by atoms with Crippen molar-refractivity contribution in [3.05, 3.63) is 59.7 Å². The molecule has 0 atom stereocenters. The summed E-state index contributed by atoms with van der Waals surface area (Å²) < 4.78 is 10.3. The Bertz CT molecular complexity index is 1000. The van der Waals surface area contributed by atoms with Crippen molar-refractivity contribution in [3.63, 3.8) is 0 Å². The highest BCUT2D eigenvalue weighted by Crippen LogP contribution is 2.45. The third-order valence-electron chi connectivity index (χ3n) is 6.03. The molecule has 0 saturated heterocycles. The zero-order chi connectivity index (χ0) is 24.6. The molecule has 0 spiro atoms. The Balaban J connectivity index is 1.61. The zero-order valence-corrected chi connectivity index (χ0v) is 20.3. The predicted molar refractivity (Wildman–Crippen MR) is 132 cm³/mol. The molecule has 2 aromatic carbocycles. The van der Waals surface area contributed by atoms with Crippen LogP contribution in [-0.4, -0.2) is 31.1 Å². The summed E-state index contributed by atoms with van der Waals surface area (Å²) >= 11 is 0. The number of ether oxygens (including phenoxy) is 2. The molecule has 1 N–H and O–H groups in total. The summed E-state index contributed by atoms with van der Waals surface area (Å²) in [5.74, 6) is -0.149. The smallest absolute Gasteiger partial charge is 0.412 e. The number of nitrogens with one attached hydrogen (secondary N) is 1. The van der Waals surface area contributed by atoms with Gasteiger partial charge in [0.1, 0.15) is 6.61 Å². The number of fused-ring (bicyclic) bond motifs is 1. The molecular weight excluding hydrogens is 432 g/mol. The molecule has 0 aliphatic carbocycles. The number of esters is 1. The molecule has 0 fully saturated rings. The number of anilines is 2. The second kappa shape index (κ2) is 11.7. The van der Waals surface area contributed by atoms with Gasteiger partial charge in [-0.15, -0.1) is 0 Å². The fourth-order valence-corrected chi connectivity index (χ4v) is 4.20. The summed E-state index contributed by atoms with van der Waals surface area (Å²) in [5, 5.41) is 2.83. The molecule has 1 aliphatic heterocycles. The monoisotopic (exact) mass is 466 g/mol. The number of hydrogen-bond acceptors (Lipinski definition) is 5. The second-order valence-corrected chi connectivity index (χ2v) is 8.94. The first-order chi connectivity index (χ1) is 16.3. The van der Waals surface area contributed by atoms with Crippen LogP contribution in [0.25, 0.3) is 0 Å². The van der Waals surface area contributed by atoms with E-state index in [0.29, 0.717) is 25.3 Å². The molecule has 1 heterocycles. The molecular formula is C27H34N2O5. The van der Waals surface area contributed by atoms with Gasteiger partial charge in [-0.1, -0.05) is 55.3 Å². The largest absolute Gasteiger partial charge is 0.466 e. The van der Waals surface area contributed by atoms with Crippen LogP contribution in [-0.2, 0) is 31.1 Å². The van der Waals surface area contributed by atoms with Gasteiger partial charge in [0, 0.05) is 13.0 Å². The summed E-state index contributed by atoms with van der Waals surface area (Å²) in [6.07, 6.45) is 3.22. The topological polar surface area (TPSA) is 84.9 Å². The predicted octanol–water partition coefficient (Wildman–Crippen LogP) is 5.57. The van der Waals surface area contributed by atoms with E-state index in [9.17, 15) is 14.4 Å². The van der Waals surface area contributed by atoms with Crippen molar-refractivity contribution < 1.29 is 23.9 Å². The van der Waals surface area contributed by atoms with Crippen molar-refractivity contribution >= 4 is 29.3 Å². The van der Waals surface area contributed by atoms with E-state index in [1.807, 2.05) is 56.3 Å². The Morgan fingerprint density at radius 1 is 0.941 bits per heavy atom. The number of benzene rings is 2. The molecule has 2 aromatic rings. The van der Waals surface area contributed by atoms with E-state index in [1.54, 1.807) is 17.9 Å². The third kappa shape index (κ3) is 6.16. The maximum Gasteiger partial charge on any atom is 0.412 e. The standard InChI is InChI=1S/C27H34N2O5/c1-4-33-23(30)17-10-5-6-11-18-29-24-21(27(2,3)25(29)31)15-12-16-22(24)28-26(32)34-19-20-13-8-7-9-14-20/h7-9,12-16H,4-6,10-11,17-19H2,1-3H3,(H,28,32). The Labute approximate surface area is 201 Å². The Kier molecular flexibility index (Phi) is 8.68. The van der Waals surface area contributed by atoms with Crippen molar-refractivity contribution in [1.82, 2.24) is 0 Å². The van der Waals surface area contributed by atoms with Crippen molar-refractivity contribution in [3.8, 4) is 0 Å². The van der Waals surface area contributed by atoms with Crippen molar-refractivity contribution in [2.45, 2.75) is 64.9 Å². The third-order valence-corrected chi connectivity index (χ3v) is 6.03. The Morgan fingerprint density at radius 2 is 1.68 bits per heavy atom. The molecule has 0 radical (unpaired) electrons. The lowest BCUT2D eigenvalue weighted by Gasteiger charge is -2.21. The summed E-state index contributed by atoms with van der Waals surface area (Å²) in [6, 6.07) is 15.1. The first-order valence-corrected chi connectivity index (χ1v) is 11.9. The molecule has 2 amide bonds. The molecule has 3 rings (SSSR count). The Morgan fingerprint density at radius 3 is 2.41 bits per heavy atom. The van der Waals surface area contributed by atoms with Gasteiger partial charge in [0.2, 0.25) is 5.91 Å². The SMILES string of the molecule is CCOC(=O)CCCCCCN1C(=O)C(C)(C)c2cccc(NC(=O)OCc3ccccc3)c21. The number of unbranched alkanes of at least 4 members (excludes halogenated alkanes) is 3. The molecule has 1 aliphatic rings. The number of nitrogens with zero attached hydrogens (tertiary/aromatic N) is 1. The summed E-state index contributed by atoms with van der Waals surface area (Å²) in [6.45, 7) is 6.74. The lowest BCUT2D eigenvalue weighted by molar-refractivity contribution is -0.143. The number of carbonyl (C=O) groups excluding carboxylic acids is 3. The number of rotatable bonds is 11. The van der Waals surface area contributed by atoms with Crippen LogP contribution in [0.2, 0.25) is 0 Å². The van der Waals surface area contributed by atoms with Crippen molar-refractivity contribution in [1.29, 1.82) is 0 Å². The van der Waals surface area contributed by atoms with Crippen LogP contribution in [0.3, 0.4) is 0 Å². The molecule has 0 saturated carbocycles. The van der Waals surface area contributed by atoms with Gasteiger partial charge in [-0.05, 0) is 50.8 Å². The van der Waals surface area contributed by atoms with E-state index in [2.05, 4.69) is 5.32 Å². The minimum atomic E-state index is -0.676. The van der Waals surface area contributed by atoms with Gasteiger partial charge in [0.05, 0.1) is 23.4 Å². The van der Waals surface area contributed by atoms with Crippen molar-refractivity contribution in [2.75, 3.05) is 23.4 Å². The summed E-state index contributed by atoms with van der Waals surface area (Å²) in [4.78, 5) is 39.0. The van der Waals surface area contributed by atoms with E-state index < -0.39 is 11.5 Å². The first kappa shape index (κ1) is 25.3. The van der Waals surface area contributed by atoms with Crippen LogP contribution in [0, 0.1) is 0 Å². The lowest BCUT2D eigenvalue weighted by Crippen LogP contribution is -2.37. The van der Waals surface area contributed by atoms with Crippen LogP contribution >= 0.6 is 0 Å². The van der Waals surface area contributed by atoms with Gasteiger partial charge in [-0.25, -0.2) is 4.79 Å². The molecule has 182 valence electrons. The molecule has 7 nitrogen and oxygen atoms in total. The van der Waals surface area contributed by atoms with Gasteiger partial charge in [-0.3, -0.25) is 14.9 Å². The van der Waals surface area contributed by atoms with E-state index in [0.717, 1.165) is 42.5 Å². The fraction of sp³-hybridized carbons (Fsp3) is 0.444. The minimum absolute atomic E-state index is 0.0147. The highest BCUT2D eigenvalue weighted by atomic mass is 16.5. The normalized spacial score (nSPS) is 14.0. The maximum absolute atomic E-state index is 13.2. The van der Waals surface area contributed by atoms with Crippen LogP contribution in [0.5, 0.6) is 0 Å². The minimum Gasteiger partial charge on any atom is -0.466 e. The average molecular weight is 467 g/mol. The molecule has 7 heteroatoms. The summed E-state index contributed by atoms with van der Waals surface area (Å²) in [7, 11) is 0. The quantitative estimate of drug-likeness (QED) is 0.345. The van der Waals surface area contributed by atoms with Gasteiger partial charge in [0.15, 0.2) is 0 Å². The maximum atomic E-state index is 13.2. The number of hydrogen-bond donors (Lipinski definition) is 1. The van der Waals surface area contributed by atoms with Gasteiger partial charge >= 0.3 is 12.1 Å². The van der Waals surface area contributed by atoms with Gasteiger partial charge in [0.25, 0.3) is 0 Å². The molecule has 0 aromatic heterocycles. The van der Waals surface area contributed by atoms with Gasteiger partial charge in [-0.2, -0.15) is 0 Å². The van der Waals surface area contributed by atoms with Crippen molar-refractivity contribution in [2.24, 2.45) is 0 Å². The second-order valence-electron chi connectivity index (χ2n) is 8.94. The Hall–Kier alpha value is -3.35. The van der Waals surface area contributed by atoms with E-state index >= 15 is 0 Å². The van der Waals surface area contributed by atoms with Gasteiger partial charge < -0.3 is 14.4 Å². The molecule has 0 bridgehead atoms. The van der Waals surface area contributed by atoms with E-state index in [4.69, 9.17) is 9.47 Å². The fourth-order valence-electron chi connectivity index (χ4n) is 4.20. The number of carbonyl (C=O) groups is 3. The van der Waals surface area contributed by atoms with Crippen LogP contribution < -0.4 is 10.2 Å². The van der Waals surface area contributed by atoms with Crippen LogP contribution in [0.1, 0.15) is 64.0 Å². The highest BCUT2D eigenvalue weighted by molar-refractivity contribution is 6.11. The highest BCUT2D eigenvalue weighted by Gasteiger charge is 2.44. The number of amides is 2. The first-order valence-electron chi connectivity index (χ1n) is 11.9. The van der Waals surface area contributed by atoms with E-state index in [1.165, 1.54) is 0 Å².